The van der Waals surface area contributed by atoms with Crippen LogP contribution in [0.2, 0.25) is 0 Å². The fourth-order valence-corrected chi connectivity index (χ4v) is 2.34. The van der Waals surface area contributed by atoms with E-state index in [-0.39, 0.29) is 18.0 Å². The van der Waals surface area contributed by atoms with Gasteiger partial charge in [0.2, 0.25) is 6.75 Å². The molecule has 0 aromatic heterocycles. The zero-order valence-corrected chi connectivity index (χ0v) is 12.2. The Kier molecular flexibility index (Phi) is 2.66. The molecule has 1 aliphatic heterocycles. The molecule has 122 valence electrons. The van der Waals surface area contributed by atoms with E-state index in [2.05, 4.69) is 5.32 Å². The van der Waals surface area contributed by atoms with Gasteiger partial charge in [-0.3, -0.25) is 0 Å². The van der Waals surface area contributed by atoms with Crippen LogP contribution in [0, 0.1) is 0 Å². The van der Waals surface area contributed by atoms with E-state index in [1.807, 2.05) is 0 Å². The van der Waals surface area contributed by atoms with Crippen LogP contribution in [-0.4, -0.2) is 27.4 Å². The maximum atomic E-state index is 7.47. The molecule has 23 heavy (non-hydrogen) atoms. The zero-order chi connectivity index (χ0) is 22.9. The summed E-state index contributed by atoms with van der Waals surface area (Å²) in [6.07, 6.45) is 0.570. The number of para-hydroxylation sites is 1. The number of rotatable bonds is 7. The first-order valence-electron chi connectivity index (χ1n) is 11.0. The minimum absolute atomic E-state index is 0.156. The maximum absolute atomic E-state index is 7.47. The highest BCUT2D eigenvalue weighted by molar-refractivity contribution is 5.46. The van der Waals surface area contributed by atoms with Crippen LogP contribution in [0.15, 0.2) is 36.4 Å². The van der Waals surface area contributed by atoms with Crippen LogP contribution in [0.5, 0.6) is 23.0 Å². The molecule has 5 heteroatoms. The van der Waals surface area contributed by atoms with Crippen LogP contribution in [-0.2, 0) is 13.0 Å². The topological polar surface area (TPSA) is 49.0 Å². The van der Waals surface area contributed by atoms with Gasteiger partial charge in [-0.2, -0.15) is 0 Å². The fraction of sp³-hybridized carbons (Fsp3) is 0.333. The lowest BCUT2D eigenvalue weighted by Gasteiger charge is -2.13. The third kappa shape index (κ3) is 3.51. The van der Waals surface area contributed by atoms with E-state index in [0.29, 0.717) is 30.0 Å². The molecule has 0 saturated carbocycles. The van der Waals surface area contributed by atoms with E-state index in [1.54, 1.807) is 30.3 Å². The summed E-state index contributed by atoms with van der Waals surface area (Å²) in [6.45, 7) is -1.49. The molecule has 0 saturated heterocycles. The molecule has 0 unspecified atom stereocenters. The highest BCUT2D eigenvalue weighted by atomic mass is 16.7. The van der Waals surface area contributed by atoms with Crippen LogP contribution >= 0.6 is 0 Å². The second-order valence-electron chi connectivity index (χ2n) is 4.94. The number of fused-ring (bicyclic) bond motifs is 1. The van der Waals surface area contributed by atoms with Gasteiger partial charge < -0.3 is 24.3 Å². The van der Waals surface area contributed by atoms with E-state index >= 15 is 0 Å². The molecule has 1 N–H and O–H groups in total. The van der Waals surface area contributed by atoms with E-state index in [0.717, 1.165) is 5.56 Å². The molecule has 0 aliphatic carbocycles. The highest BCUT2D eigenvalue weighted by Gasteiger charge is 2.13. The van der Waals surface area contributed by atoms with Crippen LogP contribution < -0.4 is 24.3 Å². The Morgan fingerprint density at radius 1 is 1.17 bits per heavy atom. The van der Waals surface area contributed by atoms with Crippen molar-refractivity contribution in [2.45, 2.75) is 13.0 Å². The molecule has 0 radical (unpaired) electrons. The van der Waals surface area contributed by atoms with Gasteiger partial charge in [-0.25, -0.2) is 0 Å². The minimum Gasteiger partial charge on any atom is -0.493 e. The van der Waals surface area contributed by atoms with Gasteiger partial charge in [0.05, 0.1) is 22.3 Å². The molecule has 1 aliphatic rings. The molecule has 2 aromatic carbocycles. The molecule has 0 fully saturated rings. The standard InChI is InChI=1S/C18H21NO4/c1-20-16-5-3-4-14(18(16)21-2)11-19-9-8-13-6-7-15-17(10-13)23-12-22-15/h3-7,10,19H,8-9,11-12H2,1-2H3/i1D3,2D3,12D2. The van der Waals surface area contributed by atoms with Gasteiger partial charge in [-0.05, 0) is 36.7 Å². The quantitative estimate of drug-likeness (QED) is 0.794. The third-order valence-electron chi connectivity index (χ3n) is 3.49. The van der Waals surface area contributed by atoms with Crippen molar-refractivity contribution in [2.75, 3.05) is 27.4 Å². The van der Waals surface area contributed by atoms with Crippen molar-refractivity contribution in [1.82, 2.24) is 5.32 Å². The molecular weight excluding hydrogens is 294 g/mol. The lowest BCUT2D eigenvalue weighted by Crippen LogP contribution is -2.17. The predicted octanol–water partition coefficient (Wildman–Crippen LogP) is 2.76. The van der Waals surface area contributed by atoms with E-state index in [1.165, 1.54) is 6.07 Å². The van der Waals surface area contributed by atoms with Crippen LogP contribution in [0.4, 0.5) is 0 Å². The molecule has 5 nitrogen and oxygen atoms in total. The van der Waals surface area contributed by atoms with Gasteiger partial charge >= 0.3 is 0 Å². The first-order valence-corrected chi connectivity index (χ1v) is 7.03. The van der Waals surface area contributed by atoms with Crippen LogP contribution in [0.1, 0.15) is 22.1 Å². The second-order valence-corrected chi connectivity index (χ2v) is 4.94. The molecule has 0 spiro atoms. The third-order valence-corrected chi connectivity index (χ3v) is 3.49. The second kappa shape index (κ2) is 7.24. The minimum atomic E-state index is -2.78. The van der Waals surface area contributed by atoms with Crippen molar-refractivity contribution in [3.63, 3.8) is 0 Å². The van der Waals surface area contributed by atoms with Crippen molar-refractivity contribution >= 4 is 0 Å². The molecule has 3 rings (SSSR count). The predicted molar refractivity (Wildman–Crippen MR) is 87.5 cm³/mol. The summed E-state index contributed by atoms with van der Waals surface area (Å²) in [5, 5.41) is 3.14. The molecule has 2 aromatic rings. The number of ether oxygens (including phenoxy) is 4. The van der Waals surface area contributed by atoms with Crippen molar-refractivity contribution in [1.29, 1.82) is 0 Å². The van der Waals surface area contributed by atoms with Gasteiger partial charge in [0.15, 0.2) is 23.0 Å². The lowest BCUT2D eigenvalue weighted by atomic mass is 10.1. The first-order chi connectivity index (χ1) is 14.3. The molecule has 0 bridgehead atoms. The van der Waals surface area contributed by atoms with E-state index in [9.17, 15) is 0 Å². The number of hydrogen-bond acceptors (Lipinski definition) is 5. The number of benzene rings is 2. The molecule has 0 amide bonds. The summed E-state index contributed by atoms with van der Waals surface area (Å²) in [6, 6.07) is 9.62. The molecule has 1 heterocycles. The Balaban J connectivity index is 1.64. The summed E-state index contributed by atoms with van der Waals surface area (Å²) in [5.74, 6) is 0.321. The van der Waals surface area contributed by atoms with Crippen molar-refractivity contribution < 1.29 is 29.9 Å². The largest absolute Gasteiger partial charge is 0.493 e. The van der Waals surface area contributed by atoms with Gasteiger partial charge in [0.25, 0.3) is 0 Å². The Morgan fingerprint density at radius 2 is 2.09 bits per heavy atom. The number of methoxy groups -OCH3 is 2. The monoisotopic (exact) mass is 323 g/mol. The Bertz CT molecular complexity index is 930. The van der Waals surface area contributed by atoms with Crippen LogP contribution in [0.3, 0.4) is 0 Å². The zero-order valence-electron chi connectivity index (χ0n) is 20.2. The van der Waals surface area contributed by atoms with Crippen molar-refractivity contribution in [3.05, 3.63) is 47.5 Å². The van der Waals surface area contributed by atoms with Crippen LogP contribution in [0.25, 0.3) is 0 Å². The Labute approximate surface area is 147 Å². The fourth-order valence-electron chi connectivity index (χ4n) is 2.34. The normalized spacial score (nSPS) is 20.7. The maximum Gasteiger partial charge on any atom is 0.231 e. The molecule has 0 atom stereocenters. The van der Waals surface area contributed by atoms with E-state index < -0.39 is 20.8 Å². The Hall–Kier alpha value is -2.40. The summed E-state index contributed by atoms with van der Waals surface area (Å²) in [4.78, 5) is 0. The summed E-state index contributed by atoms with van der Waals surface area (Å²) in [7, 11) is -5.53. The Morgan fingerprint density at radius 3 is 3.00 bits per heavy atom. The average molecular weight is 323 g/mol. The van der Waals surface area contributed by atoms with Gasteiger partial charge in [0, 0.05) is 12.1 Å². The lowest BCUT2D eigenvalue weighted by molar-refractivity contribution is 0.174. The van der Waals surface area contributed by atoms with Gasteiger partial charge in [-0.15, -0.1) is 0 Å². The van der Waals surface area contributed by atoms with Gasteiger partial charge in [-0.1, -0.05) is 18.2 Å². The number of nitrogens with one attached hydrogen (secondary N) is 1. The number of hydrogen-bond donors (Lipinski definition) is 1. The SMILES string of the molecule is [2H]C([2H])([2H])Oc1cccc(CNCCc2ccc3c(c2)OC([2H])([2H])O3)c1OC([2H])([2H])[2H]. The summed E-state index contributed by atoms with van der Waals surface area (Å²) in [5.41, 5.74) is 1.31. The van der Waals surface area contributed by atoms with E-state index in [4.69, 9.17) is 29.9 Å². The summed E-state index contributed by atoms with van der Waals surface area (Å²) >= 11 is 0. The first kappa shape index (κ1) is 8.45. The average Bonchev–Trinajstić information content (AvgIpc) is 2.91. The summed E-state index contributed by atoms with van der Waals surface area (Å²) < 4.78 is 78.8. The van der Waals surface area contributed by atoms with Crippen molar-refractivity contribution in [2.24, 2.45) is 0 Å². The molecular formula is C18H21NO4. The van der Waals surface area contributed by atoms with Gasteiger partial charge in [0.1, 0.15) is 2.74 Å². The smallest absolute Gasteiger partial charge is 0.231 e. The highest BCUT2D eigenvalue weighted by Crippen LogP contribution is 2.32. The van der Waals surface area contributed by atoms with Crippen molar-refractivity contribution in [3.8, 4) is 23.0 Å².